The summed E-state index contributed by atoms with van der Waals surface area (Å²) in [7, 11) is 0. The maximum atomic E-state index is 14.7. The van der Waals surface area contributed by atoms with Gasteiger partial charge in [0, 0.05) is 48.0 Å². The van der Waals surface area contributed by atoms with E-state index in [0.717, 1.165) is 33.5 Å². The number of urea groups is 1. The molecule has 0 unspecified atom stereocenters. The fourth-order valence-electron chi connectivity index (χ4n) is 3.58. The maximum Gasteiger partial charge on any atom is 0.407 e. The Hall–Kier alpha value is -3.66. The van der Waals surface area contributed by atoms with E-state index in [0.29, 0.717) is 30.9 Å². The average molecular weight is 469 g/mol. The monoisotopic (exact) mass is 468 g/mol. The van der Waals surface area contributed by atoms with Crippen LogP contribution in [-0.4, -0.2) is 46.2 Å². The van der Waals surface area contributed by atoms with Gasteiger partial charge in [-0.3, -0.25) is 4.98 Å². The smallest absolute Gasteiger partial charge is 0.407 e. The Morgan fingerprint density at radius 3 is 2.76 bits per heavy atom. The molecule has 8 nitrogen and oxygen atoms in total. The van der Waals surface area contributed by atoms with Crippen LogP contribution < -0.4 is 15.4 Å². The van der Waals surface area contributed by atoms with Crippen LogP contribution in [-0.2, 0) is 0 Å². The molecule has 0 atom stereocenters. The molecule has 170 valence electrons. The van der Waals surface area contributed by atoms with Gasteiger partial charge in [-0.05, 0) is 43.0 Å². The minimum Gasteiger partial charge on any atom is -0.465 e. The number of fused-ring (bicyclic) bond motifs is 1. The van der Waals surface area contributed by atoms with Gasteiger partial charge in [-0.1, -0.05) is 6.08 Å². The summed E-state index contributed by atoms with van der Waals surface area (Å²) in [5.74, 6) is -0.0739. The molecule has 2 aromatic heterocycles. The molecule has 3 N–H and O–H groups in total. The molecule has 33 heavy (non-hydrogen) atoms. The number of carbonyl (C=O) groups excluding carboxylic acids is 1. The second-order valence-corrected chi connectivity index (χ2v) is 9.01. The second-order valence-electron chi connectivity index (χ2n) is 7.96. The van der Waals surface area contributed by atoms with Crippen LogP contribution in [0.3, 0.4) is 0 Å². The minimum atomic E-state index is -0.925. The van der Waals surface area contributed by atoms with Crippen LogP contribution in [0.2, 0.25) is 0 Å². The lowest BCUT2D eigenvalue weighted by molar-refractivity contribution is 0.150. The van der Waals surface area contributed by atoms with Crippen molar-refractivity contribution in [3.05, 3.63) is 53.3 Å². The van der Waals surface area contributed by atoms with Gasteiger partial charge in [0.25, 0.3) is 0 Å². The summed E-state index contributed by atoms with van der Waals surface area (Å²) in [6.45, 7) is 0.788. The zero-order chi connectivity index (χ0) is 22.9. The molecular weight excluding hydrogens is 447 g/mol. The van der Waals surface area contributed by atoms with E-state index in [1.54, 1.807) is 18.3 Å². The van der Waals surface area contributed by atoms with Gasteiger partial charge in [-0.15, -0.1) is 11.3 Å². The molecule has 0 spiro atoms. The van der Waals surface area contributed by atoms with Gasteiger partial charge in [-0.25, -0.2) is 14.0 Å². The van der Waals surface area contributed by atoms with Crippen molar-refractivity contribution in [3.63, 3.8) is 0 Å². The molecule has 1 saturated carbocycles. The van der Waals surface area contributed by atoms with Crippen LogP contribution in [0.5, 0.6) is 11.5 Å². The molecule has 0 radical (unpaired) electrons. The number of nitrogens with one attached hydrogen (secondary N) is 2. The number of amides is 3. The van der Waals surface area contributed by atoms with Crippen LogP contribution in [0.25, 0.3) is 15.8 Å². The molecule has 0 saturated heterocycles. The minimum absolute atomic E-state index is 0.0413. The number of thiophene rings is 1. The molecule has 2 aliphatic rings. The fourth-order valence-corrected chi connectivity index (χ4v) is 4.71. The van der Waals surface area contributed by atoms with Crippen LogP contribution in [0.15, 0.2) is 42.6 Å². The molecule has 1 aromatic carbocycles. The van der Waals surface area contributed by atoms with Gasteiger partial charge >= 0.3 is 12.1 Å². The second kappa shape index (κ2) is 8.70. The number of pyridine rings is 1. The summed E-state index contributed by atoms with van der Waals surface area (Å²) < 4.78 is 21.3. The highest BCUT2D eigenvalue weighted by Crippen LogP contribution is 2.39. The van der Waals surface area contributed by atoms with E-state index in [1.165, 1.54) is 28.4 Å². The van der Waals surface area contributed by atoms with Crippen molar-refractivity contribution in [2.45, 2.75) is 25.3 Å². The predicted molar refractivity (Wildman–Crippen MR) is 123 cm³/mol. The number of anilines is 1. The van der Waals surface area contributed by atoms with Gasteiger partial charge in [0.05, 0.1) is 10.2 Å². The number of ether oxygens (including phenoxy) is 1. The summed E-state index contributed by atoms with van der Waals surface area (Å²) in [6.07, 6.45) is 5.15. The zero-order valence-corrected chi connectivity index (χ0v) is 18.3. The Kier molecular flexibility index (Phi) is 5.59. The van der Waals surface area contributed by atoms with E-state index < -0.39 is 11.9 Å². The zero-order valence-electron chi connectivity index (χ0n) is 17.5. The summed E-state index contributed by atoms with van der Waals surface area (Å²) in [5.41, 5.74) is 2.13. The van der Waals surface area contributed by atoms with Crippen molar-refractivity contribution in [2.75, 3.05) is 18.4 Å². The third-order valence-corrected chi connectivity index (χ3v) is 6.71. The van der Waals surface area contributed by atoms with Crippen molar-refractivity contribution in [1.29, 1.82) is 0 Å². The first-order chi connectivity index (χ1) is 16.0. The van der Waals surface area contributed by atoms with Gasteiger partial charge in [-0.2, -0.15) is 0 Å². The summed E-state index contributed by atoms with van der Waals surface area (Å²) in [4.78, 5) is 29.7. The van der Waals surface area contributed by atoms with E-state index >= 15 is 0 Å². The van der Waals surface area contributed by atoms with Gasteiger partial charge in [0.1, 0.15) is 5.75 Å². The van der Waals surface area contributed by atoms with Crippen molar-refractivity contribution < 1.29 is 23.8 Å². The van der Waals surface area contributed by atoms with Crippen LogP contribution in [0.1, 0.15) is 24.1 Å². The standard InChI is InChI=1S/C23H21FN4O4S/c24-16-11-15(27-22(29)26-14-1-2-14)3-4-18(16)32-19-5-8-25-17-12-20(33-21(17)19)13-6-9-28(10-7-13)23(30)31/h3-6,8,11-12,14H,1-2,7,9-10H2,(H,30,31)(H2,26,27,29). The first-order valence-corrected chi connectivity index (χ1v) is 11.4. The van der Waals surface area contributed by atoms with E-state index in [9.17, 15) is 14.0 Å². The maximum absolute atomic E-state index is 14.7. The fraction of sp³-hybridized carbons (Fsp3) is 0.261. The highest BCUT2D eigenvalue weighted by molar-refractivity contribution is 7.20. The number of nitrogens with zero attached hydrogens (tertiary/aromatic N) is 2. The highest BCUT2D eigenvalue weighted by Gasteiger charge is 2.23. The van der Waals surface area contributed by atoms with Crippen LogP contribution in [0, 0.1) is 5.82 Å². The van der Waals surface area contributed by atoms with E-state index in [-0.39, 0.29) is 17.8 Å². The molecular formula is C23H21FN4O4S. The summed E-state index contributed by atoms with van der Waals surface area (Å²) >= 11 is 1.48. The molecule has 3 amide bonds. The molecule has 0 bridgehead atoms. The Morgan fingerprint density at radius 2 is 2.06 bits per heavy atom. The Labute approximate surface area is 192 Å². The topological polar surface area (TPSA) is 104 Å². The lowest BCUT2D eigenvalue weighted by Crippen LogP contribution is -2.33. The first-order valence-electron chi connectivity index (χ1n) is 10.6. The van der Waals surface area contributed by atoms with E-state index in [4.69, 9.17) is 9.84 Å². The van der Waals surface area contributed by atoms with Crippen LogP contribution in [0.4, 0.5) is 19.7 Å². The van der Waals surface area contributed by atoms with Crippen molar-refractivity contribution in [1.82, 2.24) is 15.2 Å². The quantitative estimate of drug-likeness (QED) is 0.473. The number of halogens is 1. The van der Waals surface area contributed by atoms with Gasteiger partial charge in [0.15, 0.2) is 11.6 Å². The van der Waals surface area contributed by atoms with Crippen LogP contribution >= 0.6 is 11.3 Å². The van der Waals surface area contributed by atoms with Crippen molar-refractivity contribution >= 4 is 44.9 Å². The Morgan fingerprint density at radius 1 is 1.21 bits per heavy atom. The normalized spacial score (nSPS) is 15.8. The number of benzene rings is 1. The van der Waals surface area contributed by atoms with Crippen molar-refractivity contribution in [2.24, 2.45) is 0 Å². The number of hydrogen-bond acceptors (Lipinski definition) is 5. The molecule has 5 rings (SSSR count). The highest BCUT2D eigenvalue weighted by atomic mass is 32.1. The number of rotatable bonds is 5. The first kappa shape index (κ1) is 21.2. The summed E-state index contributed by atoms with van der Waals surface area (Å²) in [6, 6.07) is 7.77. The number of carboxylic acid groups (broad SMARTS) is 1. The average Bonchev–Trinajstić information content (AvgIpc) is 3.49. The third kappa shape index (κ3) is 4.75. The molecule has 1 aliphatic heterocycles. The molecule has 10 heteroatoms. The van der Waals surface area contributed by atoms with Crippen molar-refractivity contribution in [3.8, 4) is 11.5 Å². The lowest BCUT2D eigenvalue weighted by atomic mass is 10.1. The predicted octanol–water partition coefficient (Wildman–Crippen LogP) is 5.28. The lowest BCUT2D eigenvalue weighted by Gasteiger charge is -2.23. The Bertz CT molecular complexity index is 1270. The third-order valence-electron chi connectivity index (χ3n) is 5.49. The number of aromatic nitrogens is 1. The van der Waals surface area contributed by atoms with Gasteiger partial charge < -0.3 is 25.4 Å². The Balaban J connectivity index is 1.34. The summed E-state index contributed by atoms with van der Waals surface area (Å²) in [5, 5.41) is 14.5. The van der Waals surface area contributed by atoms with Gasteiger partial charge in [0.2, 0.25) is 0 Å². The number of carbonyl (C=O) groups is 2. The molecule has 3 heterocycles. The van der Waals surface area contributed by atoms with E-state index in [2.05, 4.69) is 15.6 Å². The molecule has 3 aromatic rings. The molecule has 1 aliphatic carbocycles. The largest absolute Gasteiger partial charge is 0.465 e. The van der Waals surface area contributed by atoms with E-state index in [1.807, 2.05) is 12.1 Å². The SMILES string of the molecule is O=C(Nc1ccc(Oc2ccnc3cc(C4=CCN(C(=O)O)CC4)sc23)c(F)c1)NC1CC1. The molecule has 1 fully saturated rings. The number of hydrogen-bond donors (Lipinski definition) is 3.